The Morgan fingerprint density at radius 3 is 2.76 bits per heavy atom. The summed E-state index contributed by atoms with van der Waals surface area (Å²) in [4.78, 5) is 0. The highest BCUT2D eigenvalue weighted by molar-refractivity contribution is 5.81. The Morgan fingerprint density at radius 2 is 2.00 bits per heavy atom. The average Bonchev–Trinajstić information content (AvgIpc) is 2.84. The zero-order valence-electron chi connectivity index (χ0n) is 13.3. The van der Waals surface area contributed by atoms with Crippen LogP contribution in [0.15, 0.2) is 24.3 Å². The summed E-state index contributed by atoms with van der Waals surface area (Å²) in [5, 5.41) is 9.58. The van der Waals surface area contributed by atoms with E-state index in [1.807, 2.05) is 11.7 Å². The van der Waals surface area contributed by atoms with Crippen LogP contribution >= 0.6 is 0 Å². The molecule has 1 atom stereocenters. The highest BCUT2D eigenvalue weighted by atomic mass is 15.3. The Balaban J connectivity index is 1.73. The number of nitrogens with zero attached hydrogens (tertiary/aromatic N) is 2. The van der Waals surface area contributed by atoms with Gasteiger partial charge in [-0.15, -0.1) is 0 Å². The fourth-order valence-electron chi connectivity index (χ4n) is 3.80. The molecule has 1 fully saturated rings. The highest BCUT2D eigenvalue weighted by Gasteiger charge is 2.20. The first kappa shape index (κ1) is 14.6. The van der Waals surface area contributed by atoms with Gasteiger partial charge in [0, 0.05) is 24.9 Å². The van der Waals surface area contributed by atoms with Crippen molar-refractivity contribution in [2.24, 2.45) is 13.0 Å². The van der Waals surface area contributed by atoms with Gasteiger partial charge < -0.3 is 5.32 Å². The number of nitrogens with one attached hydrogen (secondary N) is 1. The predicted molar refractivity (Wildman–Crippen MR) is 88.5 cm³/mol. The minimum atomic E-state index is 0.548. The molecule has 1 unspecified atom stereocenters. The van der Waals surface area contributed by atoms with Gasteiger partial charge in [0.2, 0.25) is 0 Å². The zero-order chi connectivity index (χ0) is 14.7. The highest BCUT2D eigenvalue weighted by Crippen LogP contribution is 2.28. The Bertz CT molecular complexity index is 581. The molecule has 114 valence electrons. The van der Waals surface area contributed by atoms with Crippen LogP contribution in [-0.4, -0.2) is 22.9 Å². The van der Waals surface area contributed by atoms with Crippen molar-refractivity contribution in [3.63, 3.8) is 0 Å². The second-order valence-corrected chi connectivity index (χ2v) is 6.52. The molecule has 1 aromatic carbocycles. The molecule has 3 rings (SSSR count). The van der Waals surface area contributed by atoms with Crippen molar-refractivity contribution < 1.29 is 0 Å². The molecule has 1 N–H and O–H groups in total. The summed E-state index contributed by atoms with van der Waals surface area (Å²) in [6, 6.07) is 9.10. The molecule has 1 aliphatic carbocycles. The maximum absolute atomic E-state index is 4.75. The molecule has 1 saturated carbocycles. The number of para-hydroxylation sites is 1. The van der Waals surface area contributed by atoms with Crippen molar-refractivity contribution in [2.45, 2.75) is 51.0 Å². The number of aromatic nitrogens is 2. The second kappa shape index (κ2) is 6.61. The first-order valence-electron chi connectivity index (χ1n) is 8.36. The average molecular weight is 285 g/mol. The van der Waals surface area contributed by atoms with E-state index in [-0.39, 0.29) is 0 Å². The van der Waals surface area contributed by atoms with Crippen molar-refractivity contribution in [3.8, 4) is 0 Å². The molecule has 0 bridgehead atoms. The van der Waals surface area contributed by atoms with Crippen LogP contribution in [0.2, 0.25) is 0 Å². The maximum atomic E-state index is 4.75. The van der Waals surface area contributed by atoms with Crippen molar-refractivity contribution in [1.29, 1.82) is 0 Å². The monoisotopic (exact) mass is 285 g/mol. The van der Waals surface area contributed by atoms with E-state index in [0.29, 0.717) is 6.04 Å². The molecule has 1 aromatic heterocycles. The lowest BCUT2D eigenvalue weighted by Gasteiger charge is -2.26. The molecular weight excluding hydrogens is 258 g/mol. The van der Waals surface area contributed by atoms with Gasteiger partial charge >= 0.3 is 0 Å². The zero-order valence-corrected chi connectivity index (χ0v) is 13.3. The van der Waals surface area contributed by atoms with E-state index in [2.05, 4.69) is 36.6 Å². The molecule has 1 aliphatic rings. The van der Waals surface area contributed by atoms with Crippen LogP contribution in [0.1, 0.15) is 44.2 Å². The minimum absolute atomic E-state index is 0.548. The summed E-state index contributed by atoms with van der Waals surface area (Å²) in [5.41, 5.74) is 2.48. The third-order valence-electron chi connectivity index (χ3n) is 5.02. The van der Waals surface area contributed by atoms with Crippen LogP contribution < -0.4 is 5.32 Å². The third kappa shape index (κ3) is 3.29. The van der Waals surface area contributed by atoms with Gasteiger partial charge in [0.15, 0.2) is 0 Å². The quantitative estimate of drug-likeness (QED) is 0.908. The number of aryl methyl sites for hydroxylation is 1. The molecule has 1 heterocycles. The molecular formula is C18H27N3. The van der Waals surface area contributed by atoms with Crippen molar-refractivity contribution in [2.75, 3.05) is 7.05 Å². The largest absolute Gasteiger partial charge is 0.317 e. The van der Waals surface area contributed by atoms with E-state index in [0.717, 1.165) is 12.3 Å². The van der Waals surface area contributed by atoms with Crippen molar-refractivity contribution in [1.82, 2.24) is 15.1 Å². The van der Waals surface area contributed by atoms with Gasteiger partial charge in [-0.25, -0.2) is 0 Å². The predicted octanol–water partition coefficient (Wildman–Crippen LogP) is 3.67. The summed E-state index contributed by atoms with van der Waals surface area (Å²) in [5.74, 6) is 0.908. The van der Waals surface area contributed by atoms with Crippen LogP contribution in [0, 0.1) is 5.92 Å². The number of hydrogen-bond acceptors (Lipinski definition) is 2. The number of fused-ring (bicyclic) bond motifs is 1. The summed E-state index contributed by atoms with van der Waals surface area (Å²) in [6.07, 6.45) is 9.45. The number of hydrogen-bond donors (Lipinski definition) is 1. The smallest absolute Gasteiger partial charge is 0.0718 e. The lowest BCUT2D eigenvalue weighted by atomic mass is 9.84. The molecule has 0 aliphatic heterocycles. The molecule has 21 heavy (non-hydrogen) atoms. The summed E-state index contributed by atoms with van der Waals surface area (Å²) < 4.78 is 2.01. The van der Waals surface area contributed by atoms with E-state index in [1.54, 1.807) is 0 Å². The minimum Gasteiger partial charge on any atom is -0.317 e. The van der Waals surface area contributed by atoms with E-state index >= 15 is 0 Å². The topological polar surface area (TPSA) is 29.9 Å². The molecule has 0 saturated heterocycles. The molecule has 0 amide bonds. The Kier molecular flexibility index (Phi) is 4.59. The molecule has 0 spiro atoms. The van der Waals surface area contributed by atoms with E-state index in [1.165, 1.54) is 55.1 Å². The van der Waals surface area contributed by atoms with Gasteiger partial charge in [0.1, 0.15) is 0 Å². The van der Waals surface area contributed by atoms with Gasteiger partial charge in [-0.05, 0) is 25.5 Å². The van der Waals surface area contributed by atoms with Crippen LogP contribution in [0.25, 0.3) is 10.9 Å². The van der Waals surface area contributed by atoms with E-state index in [9.17, 15) is 0 Å². The second-order valence-electron chi connectivity index (χ2n) is 6.52. The van der Waals surface area contributed by atoms with E-state index in [4.69, 9.17) is 5.10 Å². The number of likely N-dealkylation sites (N-methyl/N-ethyl adjacent to an activating group) is 1. The summed E-state index contributed by atoms with van der Waals surface area (Å²) in [7, 11) is 4.14. The molecule has 0 radical (unpaired) electrons. The van der Waals surface area contributed by atoms with Gasteiger partial charge in [0.25, 0.3) is 0 Å². The normalized spacial score (nSPS) is 18.2. The summed E-state index contributed by atoms with van der Waals surface area (Å²) >= 11 is 0. The maximum Gasteiger partial charge on any atom is 0.0718 e. The lowest BCUT2D eigenvalue weighted by molar-refractivity contribution is 0.302. The number of benzene rings is 1. The molecule has 3 nitrogen and oxygen atoms in total. The first-order chi connectivity index (χ1) is 10.3. The van der Waals surface area contributed by atoms with Gasteiger partial charge in [-0.2, -0.15) is 5.10 Å². The Labute approximate surface area is 127 Å². The molecule has 3 heteroatoms. The number of rotatable bonds is 5. The first-order valence-corrected chi connectivity index (χ1v) is 8.36. The summed E-state index contributed by atoms with van der Waals surface area (Å²) in [6.45, 7) is 0. The van der Waals surface area contributed by atoms with Gasteiger partial charge in [0.05, 0.1) is 11.2 Å². The Morgan fingerprint density at radius 1 is 1.24 bits per heavy atom. The van der Waals surface area contributed by atoms with Crippen LogP contribution in [0.4, 0.5) is 0 Å². The van der Waals surface area contributed by atoms with E-state index < -0.39 is 0 Å². The van der Waals surface area contributed by atoms with Crippen LogP contribution in [0.5, 0.6) is 0 Å². The standard InChI is InChI=1S/C18H27N3/c1-19-15(12-14-8-4-3-5-9-14)13-17-16-10-6-7-11-18(16)21(2)20-17/h6-7,10-11,14-15,19H,3-5,8-9,12-13H2,1-2H3. The van der Waals surface area contributed by atoms with Gasteiger partial charge in [-0.3, -0.25) is 4.68 Å². The lowest BCUT2D eigenvalue weighted by Crippen LogP contribution is -2.31. The Hall–Kier alpha value is -1.35. The van der Waals surface area contributed by atoms with Crippen molar-refractivity contribution >= 4 is 10.9 Å². The van der Waals surface area contributed by atoms with Crippen LogP contribution in [0.3, 0.4) is 0 Å². The SMILES string of the molecule is CNC(Cc1nn(C)c2ccccc12)CC1CCCCC1. The van der Waals surface area contributed by atoms with Crippen LogP contribution in [-0.2, 0) is 13.5 Å². The fraction of sp³-hybridized carbons (Fsp3) is 0.611. The fourth-order valence-corrected chi connectivity index (χ4v) is 3.80. The van der Waals surface area contributed by atoms with Gasteiger partial charge in [-0.1, -0.05) is 50.3 Å². The third-order valence-corrected chi connectivity index (χ3v) is 5.02. The molecule has 2 aromatic rings. The van der Waals surface area contributed by atoms with Crippen molar-refractivity contribution in [3.05, 3.63) is 30.0 Å².